The maximum absolute atomic E-state index is 11.8. The Kier molecular flexibility index (Phi) is 4.23. The number of esters is 1. The van der Waals surface area contributed by atoms with Gasteiger partial charge in [-0.25, -0.2) is 4.79 Å². The number of carbonyl (C=O) groups excluding carboxylic acids is 1. The van der Waals surface area contributed by atoms with Crippen LogP contribution >= 0.6 is 0 Å². The van der Waals surface area contributed by atoms with Gasteiger partial charge in [0.2, 0.25) is 5.76 Å². The van der Waals surface area contributed by atoms with Crippen LogP contribution in [0.25, 0.3) is 17.0 Å². The second-order valence-corrected chi connectivity index (χ2v) is 3.95. The quantitative estimate of drug-likeness (QED) is 0.510. The van der Waals surface area contributed by atoms with E-state index in [1.54, 1.807) is 13.0 Å². The third-order valence-electron chi connectivity index (χ3n) is 2.69. The summed E-state index contributed by atoms with van der Waals surface area (Å²) in [5.74, 6) is -0.199. The number of rotatable bonds is 5. The molecule has 1 aromatic heterocycles. The smallest absolute Gasteiger partial charge is 0.373 e. The van der Waals surface area contributed by atoms with Crippen molar-refractivity contribution in [3.63, 3.8) is 0 Å². The molecule has 0 spiro atoms. The second-order valence-electron chi connectivity index (χ2n) is 3.95. The molecule has 1 heterocycles. The van der Waals surface area contributed by atoms with E-state index in [1.807, 2.05) is 37.4 Å². The predicted molar refractivity (Wildman–Crippen MR) is 74.5 cm³/mol. The fourth-order valence-electron chi connectivity index (χ4n) is 1.89. The fourth-order valence-corrected chi connectivity index (χ4v) is 1.89. The molecule has 0 unspecified atom stereocenters. The number of hydrogen-bond acceptors (Lipinski definition) is 3. The van der Waals surface area contributed by atoms with Crippen LogP contribution in [0.1, 0.15) is 19.4 Å². The zero-order valence-electron chi connectivity index (χ0n) is 11.1. The summed E-state index contributed by atoms with van der Waals surface area (Å²) < 4.78 is 10.3. The van der Waals surface area contributed by atoms with Gasteiger partial charge in [0.25, 0.3) is 0 Å². The Morgan fingerprint density at radius 2 is 2.00 bits per heavy atom. The standard InChI is InChI=1S/C15H17NO3/c1-3-18-14(15(17)19-4-2)10-11-6-5-7-13-12(11)8-9-16-13/h5-10,16H,3-4H2,1-2H3. The lowest BCUT2D eigenvalue weighted by Crippen LogP contribution is -2.10. The molecule has 0 atom stereocenters. The molecule has 1 N–H and O–H groups in total. The van der Waals surface area contributed by atoms with Gasteiger partial charge in [-0.1, -0.05) is 12.1 Å². The van der Waals surface area contributed by atoms with Crippen LogP contribution in [0.5, 0.6) is 0 Å². The Bertz CT molecular complexity index is 598. The number of aromatic amines is 1. The number of nitrogens with one attached hydrogen (secondary N) is 1. The third-order valence-corrected chi connectivity index (χ3v) is 2.69. The summed E-state index contributed by atoms with van der Waals surface area (Å²) in [5.41, 5.74) is 1.95. The van der Waals surface area contributed by atoms with E-state index in [4.69, 9.17) is 9.47 Å². The van der Waals surface area contributed by atoms with E-state index in [9.17, 15) is 4.79 Å². The Hall–Kier alpha value is -2.23. The van der Waals surface area contributed by atoms with Gasteiger partial charge in [-0.3, -0.25) is 0 Å². The lowest BCUT2D eigenvalue weighted by atomic mass is 10.1. The average Bonchev–Trinajstić information content (AvgIpc) is 2.87. The SMILES string of the molecule is CCOC(=O)C(=Cc1cccc2[nH]ccc12)OCC. The molecule has 0 bridgehead atoms. The van der Waals surface area contributed by atoms with Crippen molar-refractivity contribution in [3.05, 3.63) is 41.8 Å². The summed E-state index contributed by atoms with van der Waals surface area (Å²) in [4.78, 5) is 14.9. The van der Waals surface area contributed by atoms with Gasteiger partial charge in [0.1, 0.15) is 0 Å². The highest BCUT2D eigenvalue weighted by atomic mass is 16.6. The predicted octanol–water partition coefficient (Wildman–Crippen LogP) is 3.11. The van der Waals surface area contributed by atoms with E-state index in [-0.39, 0.29) is 5.76 Å². The Balaban J connectivity index is 2.40. The summed E-state index contributed by atoms with van der Waals surface area (Å²) in [5, 5.41) is 1.05. The molecule has 0 radical (unpaired) electrons. The monoisotopic (exact) mass is 259 g/mol. The summed E-state index contributed by atoms with van der Waals surface area (Å²) in [7, 11) is 0. The Morgan fingerprint density at radius 1 is 1.21 bits per heavy atom. The van der Waals surface area contributed by atoms with E-state index in [0.29, 0.717) is 13.2 Å². The summed E-state index contributed by atoms with van der Waals surface area (Å²) in [6.07, 6.45) is 3.59. The molecule has 0 saturated carbocycles. The van der Waals surface area contributed by atoms with E-state index < -0.39 is 5.97 Å². The van der Waals surface area contributed by atoms with E-state index in [1.165, 1.54) is 0 Å². The zero-order chi connectivity index (χ0) is 13.7. The third kappa shape index (κ3) is 2.96. The van der Waals surface area contributed by atoms with E-state index in [0.717, 1.165) is 16.5 Å². The van der Waals surface area contributed by atoms with Crippen molar-refractivity contribution in [2.75, 3.05) is 13.2 Å². The fraction of sp³-hybridized carbons (Fsp3) is 0.267. The van der Waals surface area contributed by atoms with Crippen molar-refractivity contribution in [2.45, 2.75) is 13.8 Å². The van der Waals surface area contributed by atoms with Gasteiger partial charge in [-0.05, 0) is 37.6 Å². The van der Waals surface area contributed by atoms with Gasteiger partial charge in [-0.2, -0.15) is 0 Å². The van der Waals surface area contributed by atoms with Gasteiger partial charge in [0, 0.05) is 17.1 Å². The highest BCUT2D eigenvalue weighted by Gasteiger charge is 2.12. The number of fused-ring (bicyclic) bond motifs is 1. The maximum atomic E-state index is 11.8. The number of hydrogen-bond donors (Lipinski definition) is 1. The van der Waals surface area contributed by atoms with Crippen LogP contribution in [0.2, 0.25) is 0 Å². The largest absolute Gasteiger partial charge is 0.487 e. The minimum absolute atomic E-state index is 0.234. The molecular weight excluding hydrogens is 242 g/mol. The molecule has 2 rings (SSSR count). The Morgan fingerprint density at radius 3 is 2.74 bits per heavy atom. The van der Waals surface area contributed by atoms with Crippen LogP contribution in [-0.2, 0) is 14.3 Å². The molecule has 0 aliphatic rings. The van der Waals surface area contributed by atoms with Crippen molar-refractivity contribution in [2.24, 2.45) is 0 Å². The first-order valence-corrected chi connectivity index (χ1v) is 6.34. The normalized spacial score (nSPS) is 11.6. The van der Waals surface area contributed by atoms with Gasteiger partial charge < -0.3 is 14.5 Å². The number of H-pyrrole nitrogens is 1. The minimum Gasteiger partial charge on any atom is -0.487 e. The summed E-state index contributed by atoms with van der Waals surface area (Å²) >= 11 is 0. The van der Waals surface area contributed by atoms with Crippen LogP contribution in [0.3, 0.4) is 0 Å². The first-order valence-electron chi connectivity index (χ1n) is 6.34. The summed E-state index contributed by atoms with van der Waals surface area (Å²) in [6, 6.07) is 7.82. The number of benzene rings is 1. The van der Waals surface area contributed by atoms with Crippen LogP contribution in [0, 0.1) is 0 Å². The topological polar surface area (TPSA) is 51.3 Å². The molecule has 19 heavy (non-hydrogen) atoms. The lowest BCUT2D eigenvalue weighted by molar-refractivity contribution is -0.142. The first kappa shape index (κ1) is 13.2. The molecule has 0 saturated heterocycles. The highest BCUT2D eigenvalue weighted by Crippen LogP contribution is 2.20. The lowest BCUT2D eigenvalue weighted by Gasteiger charge is -2.08. The zero-order valence-corrected chi connectivity index (χ0v) is 11.1. The summed E-state index contributed by atoms with van der Waals surface area (Å²) in [6.45, 7) is 4.36. The van der Waals surface area contributed by atoms with Gasteiger partial charge in [0.15, 0.2) is 0 Å². The van der Waals surface area contributed by atoms with Crippen molar-refractivity contribution in [1.82, 2.24) is 4.98 Å². The van der Waals surface area contributed by atoms with Crippen LogP contribution < -0.4 is 0 Å². The second kappa shape index (κ2) is 6.09. The minimum atomic E-state index is -0.433. The Labute approximate surface area is 112 Å². The van der Waals surface area contributed by atoms with E-state index >= 15 is 0 Å². The molecule has 0 aliphatic carbocycles. The average molecular weight is 259 g/mol. The van der Waals surface area contributed by atoms with Crippen LogP contribution in [-0.4, -0.2) is 24.2 Å². The molecule has 4 heteroatoms. The molecule has 1 aromatic carbocycles. The molecule has 0 fully saturated rings. The van der Waals surface area contributed by atoms with Crippen LogP contribution in [0.15, 0.2) is 36.2 Å². The number of ether oxygens (including phenoxy) is 2. The van der Waals surface area contributed by atoms with Crippen LogP contribution in [0.4, 0.5) is 0 Å². The van der Waals surface area contributed by atoms with E-state index in [2.05, 4.69) is 4.98 Å². The molecule has 0 amide bonds. The maximum Gasteiger partial charge on any atom is 0.373 e. The molecule has 4 nitrogen and oxygen atoms in total. The highest BCUT2D eigenvalue weighted by molar-refractivity contribution is 5.96. The first-order chi connectivity index (χ1) is 9.26. The van der Waals surface area contributed by atoms with Crippen molar-refractivity contribution < 1.29 is 14.3 Å². The molecule has 0 aliphatic heterocycles. The van der Waals surface area contributed by atoms with Gasteiger partial charge in [-0.15, -0.1) is 0 Å². The van der Waals surface area contributed by atoms with Gasteiger partial charge in [0.05, 0.1) is 13.2 Å². The molecule has 2 aromatic rings. The van der Waals surface area contributed by atoms with Crippen molar-refractivity contribution in [3.8, 4) is 0 Å². The number of aromatic nitrogens is 1. The van der Waals surface area contributed by atoms with Crippen molar-refractivity contribution in [1.29, 1.82) is 0 Å². The van der Waals surface area contributed by atoms with Crippen molar-refractivity contribution >= 4 is 22.9 Å². The molecular formula is C15H17NO3. The molecule has 100 valence electrons. The van der Waals surface area contributed by atoms with Gasteiger partial charge >= 0.3 is 5.97 Å². The number of carbonyl (C=O) groups is 1.